The van der Waals surface area contributed by atoms with Crippen molar-refractivity contribution in [1.29, 1.82) is 0 Å². The lowest BCUT2D eigenvalue weighted by molar-refractivity contribution is -0.141. The molecule has 2 heterocycles. The number of carboxylic acids is 1. The van der Waals surface area contributed by atoms with E-state index in [0.717, 1.165) is 25.8 Å². The summed E-state index contributed by atoms with van der Waals surface area (Å²) >= 11 is 0. The second-order valence-electron chi connectivity index (χ2n) is 5.38. The van der Waals surface area contributed by atoms with Crippen LogP contribution in [0.15, 0.2) is 0 Å². The number of carbonyl (C=O) groups excluding carboxylic acids is 1. The first-order valence-electron chi connectivity index (χ1n) is 6.90. The Morgan fingerprint density at radius 3 is 2.68 bits per heavy atom. The molecule has 6 nitrogen and oxygen atoms in total. The molecule has 2 saturated heterocycles. The van der Waals surface area contributed by atoms with Crippen LogP contribution >= 0.6 is 0 Å². The number of ether oxygens (including phenoxy) is 1. The number of hydrogen-bond acceptors (Lipinski definition) is 3. The number of nitrogens with zero attached hydrogens (tertiary/aromatic N) is 2. The van der Waals surface area contributed by atoms with Gasteiger partial charge < -0.3 is 19.6 Å². The Hall–Kier alpha value is -1.30. The monoisotopic (exact) mass is 270 g/mol. The van der Waals surface area contributed by atoms with Gasteiger partial charge in [0.15, 0.2) is 0 Å². The molecule has 0 spiro atoms. The van der Waals surface area contributed by atoms with Gasteiger partial charge in [0.05, 0.1) is 6.61 Å². The van der Waals surface area contributed by atoms with E-state index in [1.165, 1.54) is 4.90 Å². The molecule has 0 radical (unpaired) electrons. The number of likely N-dealkylation sites (tertiary alicyclic amines) is 2. The Balaban J connectivity index is 1.96. The highest BCUT2D eigenvalue weighted by atomic mass is 16.5. The summed E-state index contributed by atoms with van der Waals surface area (Å²) in [5.74, 6) is -0.523. The number of aliphatic carboxylic acids is 1. The van der Waals surface area contributed by atoms with Gasteiger partial charge in [0.2, 0.25) is 0 Å². The molecule has 0 aromatic rings. The van der Waals surface area contributed by atoms with E-state index >= 15 is 0 Å². The van der Waals surface area contributed by atoms with Crippen LogP contribution in [0, 0.1) is 5.92 Å². The zero-order valence-corrected chi connectivity index (χ0v) is 11.4. The molecule has 0 aliphatic carbocycles. The molecule has 1 unspecified atom stereocenters. The molecule has 0 saturated carbocycles. The van der Waals surface area contributed by atoms with Gasteiger partial charge in [-0.25, -0.2) is 9.59 Å². The molecule has 2 rings (SSSR count). The summed E-state index contributed by atoms with van der Waals surface area (Å²) < 4.78 is 5.15. The lowest BCUT2D eigenvalue weighted by Gasteiger charge is -2.36. The standard InChI is InChI=1S/C13H22N2O4/c1-19-9-10-4-2-6-14(8-10)13(18)15-7-3-5-11(15)12(16)17/h10-11H,2-9H2,1H3,(H,16,17)/t10?,11-/m0/s1. The summed E-state index contributed by atoms with van der Waals surface area (Å²) in [4.78, 5) is 26.8. The van der Waals surface area contributed by atoms with Crippen LogP contribution < -0.4 is 0 Å². The molecule has 1 N–H and O–H groups in total. The third-order valence-corrected chi connectivity index (χ3v) is 3.98. The van der Waals surface area contributed by atoms with E-state index < -0.39 is 12.0 Å². The number of methoxy groups -OCH3 is 1. The number of rotatable bonds is 3. The summed E-state index contributed by atoms with van der Waals surface area (Å²) in [6.45, 7) is 2.62. The molecule has 0 aromatic carbocycles. The predicted octanol–water partition coefficient (Wildman–Crippen LogP) is 1.01. The van der Waals surface area contributed by atoms with Gasteiger partial charge in [-0.1, -0.05) is 0 Å². The van der Waals surface area contributed by atoms with Crippen LogP contribution in [0.5, 0.6) is 0 Å². The van der Waals surface area contributed by atoms with Gasteiger partial charge in [-0.2, -0.15) is 0 Å². The normalized spacial score (nSPS) is 27.6. The highest BCUT2D eigenvalue weighted by Crippen LogP contribution is 2.23. The summed E-state index contributed by atoms with van der Waals surface area (Å²) in [5, 5.41) is 9.13. The van der Waals surface area contributed by atoms with Crippen molar-refractivity contribution in [3.05, 3.63) is 0 Å². The maximum absolute atomic E-state index is 12.4. The molecule has 2 aliphatic heterocycles. The minimum absolute atomic E-state index is 0.120. The van der Waals surface area contributed by atoms with E-state index in [0.29, 0.717) is 32.0 Å². The molecule has 2 aliphatic rings. The Morgan fingerprint density at radius 2 is 2.00 bits per heavy atom. The van der Waals surface area contributed by atoms with Crippen molar-refractivity contribution >= 4 is 12.0 Å². The van der Waals surface area contributed by atoms with E-state index in [4.69, 9.17) is 9.84 Å². The van der Waals surface area contributed by atoms with Crippen molar-refractivity contribution < 1.29 is 19.4 Å². The average molecular weight is 270 g/mol. The third-order valence-electron chi connectivity index (χ3n) is 3.98. The lowest BCUT2D eigenvalue weighted by atomic mass is 9.99. The second kappa shape index (κ2) is 6.23. The maximum atomic E-state index is 12.4. The van der Waals surface area contributed by atoms with Crippen LogP contribution in [0.25, 0.3) is 0 Å². The highest BCUT2D eigenvalue weighted by molar-refractivity contribution is 5.83. The minimum Gasteiger partial charge on any atom is -0.480 e. The van der Waals surface area contributed by atoms with Crippen molar-refractivity contribution in [2.24, 2.45) is 5.92 Å². The molecule has 2 amide bonds. The zero-order valence-electron chi connectivity index (χ0n) is 11.4. The fourth-order valence-electron chi connectivity index (χ4n) is 3.04. The van der Waals surface area contributed by atoms with Crippen molar-refractivity contribution in [3.63, 3.8) is 0 Å². The highest BCUT2D eigenvalue weighted by Gasteiger charge is 2.37. The van der Waals surface area contributed by atoms with Gasteiger partial charge in [0.1, 0.15) is 6.04 Å². The first kappa shape index (κ1) is 14.1. The first-order chi connectivity index (χ1) is 9.13. The van der Waals surface area contributed by atoms with Crippen LogP contribution in [0.3, 0.4) is 0 Å². The number of carbonyl (C=O) groups is 2. The average Bonchev–Trinajstić information content (AvgIpc) is 2.88. The smallest absolute Gasteiger partial charge is 0.326 e. The lowest BCUT2D eigenvalue weighted by Crippen LogP contribution is -2.51. The Bertz CT molecular complexity index is 346. The van der Waals surface area contributed by atoms with Gasteiger partial charge in [0, 0.05) is 32.7 Å². The topological polar surface area (TPSA) is 70.1 Å². The van der Waals surface area contributed by atoms with Crippen LogP contribution in [-0.2, 0) is 9.53 Å². The van der Waals surface area contributed by atoms with Crippen molar-refractivity contribution in [2.45, 2.75) is 31.7 Å². The Morgan fingerprint density at radius 1 is 1.26 bits per heavy atom. The van der Waals surface area contributed by atoms with Crippen LogP contribution in [0.2, 0.25) is 0 Å². The largest absolute Gasteiger partial charge is 0.480 e. The van der Waals surface area contributed by atoms with E-state index in [1.807, 2.05) is 0 Å². The van der Waals surface area contributed by atoms with Crippen molar-refractivity contribution in [1.82, 2.24) is 9.80 Å². The van der Waals surface area contributed by atoms with E-state index in [9.17, 15) is 9.59 Å². The maximum Gasteiger partial charge on any atom is 0.326 e. The second-order valence-corrected chi connectivity index (χ2v) is 5.38. The summed E-state index contributed by atoms with van der Waals surface area (Å²) in [5.41, 5.74) is 0. The Labute approximate surface area is 113 Å². The van der Waals surface area contributed by atoms with E-state index in [2.05, 4.69) is 0 Å². The molecule has 0 aromatic heterocycles. The molecule has 2 fully saturated rings. The quantitative estimate of drug-likeness (QED) is 0.831. The summed E-state index contributed by atoms with van der Waals surface area (Å²) in [7, 11) is 1.67. The molecular weight excluding hydrogens is 248 g/mol. The van der Waals surface area contributed by atoms with Crippen molar-refractivity contribution in [2.75, 3.05) is 33.4 Å². The predicted molar refractivity (Wildman–Crippen MR) is 68.9 cm³/mol. The molecule has 108 valence electrons. The summed E-state index contributed by atoms with van der Waals surface area (Å²) in [6, 6.07) is -0.763. The molecular formula is C13H22N2O4. The SMILES string of the molecule is COCC1CCCN(C(=O)N2CCC[C@H]2C(=O)O)C1. The molecule has 2 atom stereocenters. The fraction of sp³-hybridized carbons (Fsp3) is 0.846. The van der Waals surface area contributed by atoms with Gasteiger partial charge in [-0.05, 0) is 25.7 Å². The molecule has 19 heavy (non-hydrogen) atoms. The van der Waals surface area contributed by atoms with E-state index in [-0.39, 0.29) is 6.03 Å². The number of carboxylic acid groups (broad SMARTS) is 1. The molecule has 6 heteroatoms. The van der Waals surface area contributed by atoms with Crippen molar-refractivity contribution in [3.8, 4) is 0 Å². The Kier molecular flexibility index (Phi) is 4.63. The minimum atomic E-state index is -0.892. The summed E-state index contributed by atoms with van der Waals surface area (Å²) in [6.07, 6.45) is 3.37. The number of hydrogen-bond donors (Lipinski definition) is 1. The van der Waals surface area contributed by atoms with Gasteiger partial charge in [-0.15, -0.1) is 0 Å². The van der Waals surface area contributed by atoms with Crippen LogP contribution in [0.1, 0.15) is 25.7 Å². The van der Waals surface area contributed by atoms with Gasteiger partial charge >= 0.3 is 12.0 Å². The number of amides is 2. The van der Waals surface area contributed by atoms with E-state index in [1.54, 1.807) is 12.0 Å². The number of urea groups is 1. The fourth-order valence-corrected chi connectivity index (χ4v) is 3.04. The van der Waals surface area contributed by atoms with Gasteiger partial charge in [0.25, 0.3) is 0 Å². The number of piperidine rings is 1. The molecule has 0 bridgehead atoms. The van der Waals surface area contributed by atoms with Crippen LogP contribution in [-0.4, -0.2) is 66.3 Å². The van der Waals surface area contributed by atoms with Gasteiger partial charge in [-0.3, -0.25) is 0 Å². The van der Waals surface area contributed by atoms with Crippen LogP contribution in [0.4, 0.5) is 4.79 Å². The first-order valence-corrected chi connectivity index (χ1v) is 6.90. The zero-order chi connectivity index (χ0) is 13.8. The third kappa shape index (κ3) is 3.18.